The van der Waals surface area contributed by atoms with E-state index in [2.05, 4.69) is 31.1 Å². The van der Waals surface area contributed by atoms with Crippen LogP contribution in [0.1, 0.15) is 52.1 Å². The van der Waals surface area contributed by atoms with Crippen LogP contribution in [0, 0.1) is 11.3 Å². The van der Waals surface area contributed by atoms with E-state index in [1.54, 1.807) is 20.4 Å². The maximum Gasteiger partial charge on any atom is 0.153 e. The normalized spacial score (nSPS) is 18.1. The average molecular weight is 423 g/mol. The highest BCUT2D eigenvalue weighted by molar-refractivity contribution is 5.65. The van der Waals surface area contributed by atoms with Gasteiger partial charge >= 0.3 is 0 Å². The van der Waals surface area contributed by atoms with Gasteiger partial charge < -0.3 is 23.7 Å². The molecular formula is C23H38N2O5. The number of carbonyl (C=O) groups is 1. The fourth-order valence-corrected chi connectivity index (χ4v) is 3.52. The Morgan fingerprint density at radius 2 is 2.07 bits per heavy atom. The van der Waals surface area contributed by atoms with E-state index in [-0.39, 0.29) is 12.8 Å². The Morgan fingerprint density at radius 1 is 1.30 bits per heavy atom. The molecule has 0 amide bonds. The van der Waals surface area contributed by atoms with Gasteiger partial charge in [-0.1, -0.05) is 20.8 Å². The summed E-state index contributed by atoms with van der Waals surface area (Å²) in [6, 6.07) is 3.49. The topological polar surface area (TPSA) is 78.9 Å². The third-order valence-electron chi connectivity index (χ3n) is 5.74. The summed E-state index contributed by atoms with van der Waals surface area (Å²) in [7, 11) is 3.16. The Morgan fingerprint density at radius 3 is 2.67 bits per heavy atom. The first kappa shape index (κ1) is 24.7. The summed E-state index contributed by atoms with van der Waals surface area (Å²) in [5.74, 6) is 1.12. The molecule has 1 fully saturated rings. The van der Waals surface area contributed by atoms with Gasteiger partial charge in [-0.05, 0) is 43.1 Å². The smallest absolute Gasteiger partial charge is 0.153 e. The summed E-state index contributed by atoms with van der Waals surface area (Å²) in [5.41, 5.74) is 0.0563. The van der Waals surface area contributed by atoms with E-state index < -0.39 is 5.60 Å². The molecule has 0 radical (unpaired) electrons. The minimum Gasteiger partial charge on any atom is -0.493 e. The van der Waals surface area contributed by atoms with Crippen LogP contribution in [-0.2, 0) is 25.4 Å². The van der Waals surface area contributed by atoms with Gasteiger partial charge in [0.15, 0.2) is 6.29 Å². The Bertz CT molecular complexity index is 650. The molecule has 0 aromatic carbocycles. The summed E-state index contributed by atoms with van der Waals surface area (Å²) < 4.78 is 22.2. The first-order chi connectivity index (χ1) is 14.4. The van der Waals surface area contributed by atoms with Gasteiger partial charge in [-0.15, -0.1) is 0 Å². The van der Waals surface area contributed by atoms with Crippen molar-refractivity contribution in [1.82, 2.24) is 10.3 Å². The first-order valence-corrected chi connectivity index (χ1v) is 10.8. The molecule has 1 aromatic heterocycles. The lowest BCUT2D eigenvalue weighted by molar-refractivity contribution is -0.161. The van der Waals surface area contributed by atoms with Gasteiger partial charge in [0.05, 0.1) is 13.3 Å². The molecule has 170 valence electrons. The van der Waals surface area contributed by atoms with E-state index >= 15 is 0 Å². The van der Waals surface area contributed by atoms with Crippen LogP contribution in [0.15, 0.2) is 18.3 Å². The fourth-order valence-electron chi connectivity index (χ4n) is 3.52. The van der Waals surface area contributed by atoms with Crippen molar-refractivity contribution in [2.24, 2.45) is 11.3 Å². The molecule has 0 bridgehead atoms. The molecule has 7 nitrogen and oxygen atoms in total. The molecule has 30 heavy (non-hydrogen) atoms. The predicted molar refractivity (Wildman–Crippen MR) is 115 cm³/mol. The van der Waals surface area contributed by atoms with Crippen LogP contribution in [0.25, 0.3) is 0 Å². The Labute approximate surface area is 180 Å². The summed E-state index contributed by atoms with van der Waals surface area (Å²) in [4.78, 5) is 16.8. The highest BCUT2D eigenvalue weighted by atomic mass is 16.7. The van der Waals surface area contributed by atoms with Crippen LogP contribution >= 0.6 is 0 Å². The summed E-state index contributed by atoms with van der Waals surface area (Å²) in [6.45, 7) is 7.53. The molecule has 2 atom stereocenters. The molecule has 1 aromatic rings. The third kappa shape index (κ3) is 7.61. The van der Waals surface area contributed by atoms with E-state index in [1.807, 2.05) is 12.1 Å². The second kappa shape index (κ2) is 11.7. The molecule has 1 aliphatic carbocycles. The zero-order valence-electron chi connectivity index (χ0n) is 19.1. The Kier molecular flexibility index (Phi) is 9.68. The summed E-state index contributed by atoms with van der Waals surface area (Å²) in [6.07, 6.45) is 7.24. The quantitative estimate of drug-likeness (QED) is 0.323. The number of aromatic nitrogens is 1. The molecular weight excluding hydrogens is 384 g/mol. The maximum absolute atomic E-state index is 12.4. The Balaban J connectivity index is 2.16. The van der Waals surface area contributed by atoms with E-state index in [0.29, 0.717) is 31.1 Å². The molecule has 1 N–H and O–H groups in total. The lowest BCUT2D eigenvalue weighted by atomic mass is 9.85. The molecule has 0 saturated heterocycles. The van der Waals surface area contributed by atoms with Crippen LogP contribution in [0.5, 0.6) is 5.75 Å². The van der Waals surface area contributed by atoms with Crippen molar-refractivity contribution >= 4 is 6.29 Å². The van der Waals surface area contributed by atoms with E-state index in [1.165, 1.54) is 12.8 Å². The van der Waals surface area contributed by atoms with E-state index in [4.69, 9.17) is 18.9 Å². The van der Waals surface area contributed by atoms with Crippen LogP contribution in [0.4, 0.5) is 0 Å². The minimum absolute atomic E-state index is 0.0107. The highest BCUT2D eigenvalue weighted by Crippen LogP contribution is 2.47. The predicted octanol–water partition coefficient (Wildman–Crippen LogP) is 3.36. The molecule has 1 aliphatic rings. The monoisotopic (exact) mass is 422 g/mol. The molecule has 0 spiro atoms. The fraction of sp³-hybridized carbons (Fsp3) is 0.739. The lowest BCUT2D eigenvalue weighted by Crippen LogP contribution is -2.56. The summed E-state index contributed by atoms with van der Waals surface area (Å²) in [5, 5.41) is 3.30. The van der Waals surface area contributed by atoms with Gasteiger partial charge in [-0.25, -0.2) is 0 Å². The number of ether oxygens (including phenoxy) is 4. The van der Waals surface area contributed by atoms with Gasteiger partial charge in [0.25, 0.3) is 0 Å². The Hall–Kier alpha value is -1.54. The number of carbonyl (C=O) groups excluding carboxylic acids is 1. The molecule has 1 saturated carbocycles. The van der Waals surface area contributed by atoms with Crippen molar-refractivity contribution in [3.05, 3.63) is 24.0 Å². The first-order valence-electron chi connectivity index (χ1n) is 10.8. The van der Waals surface area contributed by atoms with Crippen molar-refractivity contribution < 1.29 is 23.7 Å². The van der Waals surface area contributed by atoms with Crippen molar-refractivity contribution in [3.8, 4) is 5.75 Å². The zero-order valence-corrected chi connectivity index (χ0v) is 19.1. The summed E-state index contributed by atoms with van der Waals surface area (Å²) >= 11 is 0. The number of aldehydes is 1. The van der Waals surface area contributed by atoms with Gasteiger partial charge in [-0.2, -0.15) is 0 Å². The van der Waals surface area contributed by atoms with E-state index in [9.17, 15) is 4.79 Å². The van der Waals surface area contributed by atoms with Crippen molar-refractivity contribution in [2.45, 2.75) is 64.5 Å². The molecule has 1 heterocycles. The number of nitrogens with one attached hydrogen (secondary N) is 1. The highest BCUT2D eigenvalue weighted by Gasteiger charge is 2.41. The van der Waals surface area contributed by atoms with Crippen LogP contribution in [0.2, 0.25) is 0 Å². The number of hydrogen-bond donors (Lipinski definition) is 1. The number of rotatable bonds is 16. The van der Waals surface area contributed by atoms with Crippen LogP contribution in [0.3, 0.4) is 0 Å². The lowest BCUT2D eigenvalue weighted by Gasteiger charge is -2.37. The zero-order chi connectivity index (χ0) is 22.0. The van der Waals surface area contributed by atoms with Crippen LogP contribution in [-0.4, -0.2) is 57.3 Å². The number of methoxy groups -OCH3 is 2. The van der Waals surface area contributed by atoms with E-state index in [0.717, 1.165) is 30.6 Å². The van der Waals surface area contributed by atoms with Crippen LogP contribution < -0.4 is 10.1 Å². The average Bonchev–Trinajstić information content (AvgIpc) is 3.45. The molecule has 2 rings (SSSR count). The van der Waals surface area contributed by atoms with Crippen molar-refractivity contribution in [2.75, 3.05) is 34.4 Å². The number of nitrogens with zero attached hydrogens (tertiary/aromatic N) is 1. The number of hydrogen-bond acceptors (Lipinski definition) is 7. The minimum atomic E-state index is -1.13. The number of pyridine rings is 1. The maximum atomic E-state index is 12.4. The second-order valence-corrected chi connectivity index (χ2v) is 9.01. The molecule has 2 unspecified atom stereocenters. The molecule has 0 aliphatic heterocycles. The molecule has 7 heteroatoms. The van der Waals surface area contributed by atoms with Gasteiger partial charge in [0.2, 0.25) is 0 Å². The SMILES string of the molecule is COCNC(CC(C)C)C(C=O)(Cc1cc(OCCC2(C)CC2)ccn1)OCOC. The largest absolute Gasteiger partial charge is 0.493 e. The van der Waals surface area contributed by atoms with Gasteiger partial charge in [0, 0.05) is 44.6 Å². The standard InChI is InChI=1S/C23H38N2O5/c1-18(2)12-21(25-16-27-4)23(15-26,30-17-28-5)14-19-13-20(6-10-24-19)29-11-9-22(3)7-8-22/h6,10,13,15,18,21,25H,7-9,11-12,14,16-17H2,1-5H3. The van der Waals surface area contributed by atoms with Crippen molar-refractivity contribution in [1.29, 1.82) is 0 Å². The van der Waals surface area contributed by atoms with Crippen molar-refractivity contribution in [3.63, 3.8) is 0 Å². The third-order valence-corrected chi connectivity index (χ3v) is 5.74. The second-order valence-electron chi connectivity index (χ2n) is 9.01. The van der Waals surface area contributed by atoms with Gasteiger partial charge in [0.1, 0.15) is 18.1 Å². The van der Waals surface area contributed by atoms with Gasteiger partial charge in [-0.3, -0.25) is 10.3 Å².